The molecule has 1 aromatic heterocycles. The van der Waals surface area contributed by atoms with Crippen molar-refractivity contribution in [2.45, 2.75) is 0 Å². The van der Waals surface area contributed by atoms with Crippen LogP contribution in [0.25, 0.3) is 10.5 Å². The molecule has 3 heteroatoms. The molecule has 0 saturated heterocycles. The number of H-pyrrole nitrogens is 1. The zero-order valence-corrected chi connectivity index (χ0v) is 6.71. The van der Waals surface area contributed by atoms with Crippen molar-refractivity contribution in [3.63, 3.8) is 0 Å². The number of rotatable bonds is 0. The third-order valence-corrected chi connectivity index (χ3v) is 2.84. The van der Waals surface area contributed by atoms with E-state index in [4.69, 9.17) is 0 Å². The Bertz CT molecular complexity index is 430. The van der Waals surface area contributed by atoms with Gasteiger partial charge in [-0.3, -0.25) is 0 Å². The Morgan fingerprint density at radius 2 is 2.00 bits per heavy atom. The third kappa shape index (κ3) is 1.06. The fourth-order valence-electron chi connectivity index (χ4n) is 1.08. The summed E-state index contributed by atoms with van der Waals surface area (Å²) in [5.41, 5.74) is 0. The van der Waals surface area contributed by atoms with Gasteiger partial charge < -0.3 is 0 Å². The minimum Gasteiger partial charge on any atom is -0.182 e. The van der Waals surface area contributed by atoms with Gasteiger partial charge in [-0.1, -0.05) is 18.2 Å². The molecule has 0 radical (unpaired) electrons. The predicted molar refractivity (Wildman–Crippen MR) is 45.9 cm³/mol. The number of nitrogens with one attached hydrogen (secondary N) is 1. The smallest absolute Gasteiger partial charge is 0.182 e. The second kappa shape index (κ2) is 2.48. The summed E-state index contributed by atoms with van der Waals surface area (Å²) in [6, 6.07) is 9.60. The van der Waals surface area contributed by atoms with E-state index in [9.17, 15) is 4.57 Å². The average Bonchev–Trinajstić information content (AvgIpc) is 2.06. The number of fused-ring (bicyclic) bond motifs is 1. The van der Waals surface area contributed by atoms with Crippen molar-refractivity contribution < 1.29 is 4.57 Å². The van der Waals surface area contributed by atoms with Crippen LogP contribution in [-0.4, -0.2) is 4.75 Å². The standard InChI is InChI=1S/C8H7NOP/c10-11-8-4-2-1-3-7(8)5-6-9-11/h1-6H,(H,9,10)/q+1. The number of benzene rings is 1. The quantitative estimate of drug-likeness (QED) is 0.637. The van der Waals surface area contributed by atoms with Crippen LogP contribution < -0.4 is 0 Å². The van der Waals surface area contributed by atoms with Crippen molar-refractivity contribution in [3.8, 4) is 0 Å². The summed E-state index contributed by atoms with van der Waals surface area (Å²) in [7, 11) is -1.39. The Morgan fingerprint density at radius 1 is 1.18 bits per heavy atom. The van der Waals surface area contributed by atoms with Crippen LogP contribution in [0.5, 0.6) is 0 Å². The molecule has 2 aromatic rings. The fraction of sp³-hybridized carbons (Fsp3) is 0. The molecular formula is C8H7NOP+. The van der Waals surface area contributed by atoms with Crippen LogP contribution in [0.1, 0.15) is 0 Å². The van der Waals surface area contributed by atoms with Crippen molar-refractivity contribution in [3.05, 3.63) is 36.5 Å². The summed E-state index contributed by atoms with van der Waals surface area (Å²) < 4.78 is 14.0. The Hall–Kier alpha value is -1.14. The van der Waals surface area contributed by atoms with Crippen molar-refractivity contribution >= 4 is 18.1 Å². The van der Waals surface area contributed by atoms with E-state index in [0.717, 1.165) is 10.5 Å². The Kier molecular flexibility index (Phi) is 1.48. The normalized spacial score (nSPS) is 11.8. The molecule has 0 aliphatic rings. The van der Waals surface area contributed by atoms with E-state index >= 15 is 0 Å². The van der Waals surface area contributed by atoms with Crippen molar-refractivity contribution in [1.82, 2.24) is 4.75 Å². The van der Waals surface area contributed by atoms with Gasteiger partial charge >= 0.3 is 7.57 Å². The molecule has 1 atom stereocenters. The molecule has 0 amide bonds. The van der Waals surface area contributed by atoms with Gasteiger partial charge in [0.25, 0.3) is 0 Å². The summed E-state index contributed by atoms with van der Waals surface area (Å²) in [5.74, 6) is 0. The fourth-order valence-corrected chi connectivity index (χ4v) is 2.03. The molecule has 1 unspecified atom stereocenters. The Labute approximate surface area is 64.7 Å². The molecule has 11 heavy (non-hydrogen) atoms. The van der Waals surface area contributed by atoms with E-state index in [0.29, 0.717) is 0 Å². The topological polar surface area (TPSA) is 32.9 Å². The van der Waals surface area contributed by atoms with Crippen LogP contribution >= 0.6 is 7.57 Å². The maximum Gasteiger partial charge on any atom is 0.499 e. The van der Waals surface area contributed by atoms with Crippen molar-refractivity contribution in [2.75, 3.05) is 0 Å². The molecule has 1 heterocycles. The average molecular weight is 164 g/mol. The Balaban J connectivity index is 3.03. The highest BCUT2D eigenvalue weighted by molar-refractivity contribution is 7.38. The predicted octanol–water partition coefficient (Wildman–Crippen LogP) is 2.91. The molecule has 54 valence electrons. The molecule has 1 N–H and O–H groups in total. The molecule has 0 aliphatic carbocycles. The van der Waals surface area contributed by atoms with Crippen LogP contribution in [-0.2, 0) is 4.57 Å². The minimum absolute atomic E-state index is 0.894. The summed E-state index contributed by atoms with van der Waals surface area (Å²) in [6.07, 6.45) is 1.72. The summed E-state index contributed by atoms with van der Waals surface area (Å²) in [4.78, 5) is 0. The van der Waals surface area contributed by atoms with Gasteiger partial charge in [0.2, 0.25) is 5.12 Å². The maximum absolute atomic E-state index is 11.3. The highest BCUT2D eigenvalue weighted by Crippen LogP contribution is 2.23. The first-order chi connectivity index (χ1) is 5.38. The van der Waals surface area contributed by atoms with Crippen molar-refractivity contribution in [2.24, 2.45) is 0 Å². The highest BCUT2D eigenvalue weighted by Gasteiger charge is 2.04. The van der Waals surface area contributed by atoms with Gasteiger partial charge in [-0.15, -0.1) is 0 Å². The number of hydrogen-bond donors (Lipinski definition) is 1. The van der Waals surface area contributed by atoms with Gasteiger partial charge in [0.15, 0.2) is 0 Å². The lowest BCUT2D eigenvalue weighted by molar-refractivity contribution is 0.598. The molecular weight excluding hydrogens is 157 g/mol. The number of aromatic amines is 1. The monoisotopic (exact) mass is 164 g/mol. The molecule has 0 bridgehead atoms. The van der Waals surface area contributed by atoms with Crippen LogP contribution in [0.4, 0.5) is 0 Å². The second-order valence-electron chi connectivity index (χ2n) is 2.32. The number of aromatic nitrogens is 1. The molecule has 1 aromatic carbocycles. The summed E-state index contributed by atoms with van der Waals surface area (Å²) in [6.45, 7) is 0. The molecule has 0 spiro atoms. The minimum atomic E-state index is -1.39. The molecule has 0 aliphatic heterocycles. The zero-order valence-electron chi connectivity index (χ0n) is 5.82. The van der Waals surface area contributed by atoms with E-state index in [1.165, 1.54) is 0 Å². The van der Waals surface area contributed by atoms with Crippen LogP contribution in [0, 0.1) is 0 Å². The first-order valence-corrected chi connectivity index (χ1v) is 4.63. The molecule has 0 fully saturated rings. The summed E-state index contributed by atoms with van der Waals surface area (Å²) >= 11 is 0. The van der Waals surface area contributed by atoms with Crippen LogP contribution in [0.3, 0.4) is 0 Å². The van der Waals surface area contributed by atoms with Gasteiger partial charge in [0.1, 0.15) is 0 Å². The highest BCUT2D eigenvalue weighted by atomic mass is 31.1. The zero-order chi connectivity index (χ0) is 7.68. The van der Waals surface area contributed by atoms with Gasteiger partial charge in [-0.25, -0.2) is 0 Å². The van der Waals surface area contributed by atoms with Gasteiger partial charge in [-0.05, 0) is 16.7 Å². The lowest BCUT2D eigenvalue weighted by atomic mass is 10.3. The van der Waals surface area contributed by atoms with E-state index in [-0.39, 0.29) is 0 Å². The third-order valence-electron chi connectivity index (χ3n) is 1.61. The largest absolute Gasteiger partial charge is 0.499 e. The van der Waals surface area contributed by atoms with Crippen molar-refractivity contribution in [1.29, 1.82) is 0 Å². The lowest BCUT2D eigenvalue weighted by Crippen LogP contribution is -1.67. The second-order valence-corrected chi connectivity index (χ2v) is 3.64. The number of hydrogen-bond acceptors (Lipinski definition) is 1. The van der Waals surface area contributed by atoms with Crippen LogP contribution in [0.2, 0.25) is 0 Å². The van der Waals surface area contributed by atoms with Crippen LogP contribution in [0.15, 0.2) is 36.5 Å². The van der Waals surface area contributed by atoms with Gasteiger partial charge in [-0.2, -0.15) is 4.75 Å². The van der Waals surface area contributed by atoms with E-state index in [1.54, 1.807) is 6.20 Å². The molecule has 2 nitrogen and oxygen atoms in total. The van der Waals surface area contributed by atoms with Gasteiger partial charge in [0.05, 0.1) is 0 Å². The van der Waals surface area contributed by atoms with Gasteiger partial charge in [0, 0.05) is 11.6 Å². The molecule has 2 rings (SSSR count). The first kappa shape index (κ1) is 6.56. The lowest BCUT2D eigenvalue weighted by Gasteiger charge is -1.84. The maximum atomic E-state index is 11.3. The van der Waals surface area contributed by atoms with E-state index in [1.807, 2.05) is 30.3 Å². The SMILES string of the molecule is O=[p+]1[nH]ccc2ccccc21. The summed E-state index contributed by atoms with van der Waals surface area (Å²) in [5, 5.41) is 1.94. The van der Waals surface area contributed by atoms with E-state index in [2.05, 4.69) is 4.75 Å². The van der Waals surface area contributed by atoms with E-state index < -0.39 is 7.57 Å². The first-order valence-electron chi connectivity index (χ1n) is 3.37. The molecule has 0 saturated carbocycles. The Morgan fingerprint density at radius 3 is 2.82 bits per heavy atom.